The standard InChI is InChI=1S/C17H12OS2/c18-16(14-9-5-2-6-10-14)11-17-15(12-19-20-17)13-7-3-1-4-8-13/h1-12H/b17-11+. The highest BCUT2D eigenvalue weighted by Crippen LogP contribution is 2.48. The molecule has 3 rings (SSSR count). The summed E-state index contributed by atoms with van der Waals surface area (Å²) in [5, 5.41) is 2.10. The van der Waals surface area contributed by atoms with Crippen molar-refractivity contribution < 1.29 is 4.79 Å². The predicted octanol–water partition coefficient (Wildman–Crippen LogP) is 5.19. The van der Waals surface area contributed by atoms with Crippen molar-refractivity contribution >= 4 is 32.9 Å². The minimum absolute atomic E-state index is 0.0532. The van der Waals surface area contributed by atoms with Gasteiger partial charge in [0.15, 0.2) is 5.78 Å². The van der Waals surface area contributed by atoms with Crippen LogP contribution < -0.4 is 0 Å². The zero-order valence-corrected chi connectivity index (χ0v) is 12.3. The van der Waals surface area contributed by atoms with Gasteiger partial charge in [0.2, 0.25) is 0 Å². The first-order valence-corrected chi connectivity index (χ1v) is 8.46. The van der Waals surface area contributed by atoms with Crippen LogP contribution in [-0.2, 0) is 0 Å². The first-order chi connectivity index (χ1) is 9.84. The van der Waals surface area contributed by atoms with E-state index < -0.39 is 0 Å². The van der Waals surface area contributed by atoms with E-state index in [1.165, 1.54) is 0 Å². The SMILES string of the molecule is O=C(/C=C1/SSC=C1c1ccccc1)c1ccccc1. The Hall–Kier alpha value is -1.71. The summed E-state index contributed by atoms with van der Waals surface area (Å²) in [6.45, 7) is 0. The molecular weight excluding hydrogens is 284 g/mol. The molecule has 0 N–H and O–H groups in total. The monoisotopic (exact) mass is 296 g/mol. The Morgan fingerprint density at radius 3 is 2.25 bits per heavy atom. The Bertz CT molecular complexity index is 673. The molecule has 1 aliphatic heterocycles. The van der Waals surface area contributed by atoms with Crippen molar-refractivity contribution in [1.82, 2.24) is 0 Å². The molecule has 1 heterocycles. The quantitative estimate of drug-likeness (QED) is 0.441. The molecule has 2 aromatic rings. The van der Waals surface area contributed by atoms with Crippen molar-refractivity contribution in [2.75, 3.05) is 0 Å². The second kappa shape index (κ2) is 6.16. The largest absolute Gasteiger partial charge is 0.289 e. The lowest BCUT2D eigenvalue weighted by molar-refractivity contribution is 0.104. The van der Waals surface area contributed by atoms with Crippen LogP contribution >= 0.6 is 21.6 Å². The highest BCUT2D eigenvalue weighted by atomic mass is 33.1. The molecule has 3 heteroatoms. The van der Waals surface area contributed by atoms with E-state index in [1.807, 2.05) is 48.5 Å². The maximum atomic E-state index is 12.3. The fourth-order valence-electron chi connectivity index (χ4n) is 1.96. The molecule has 2 aromatic carbocycles. The van der Waals surface area contributed by atoms with Crippen molar-refractivity contribution in [3.63, 3.8) is 0 Å². The lowest BCUT2D eigenvalue weighted by Crippen LogP contribution is -1.95. The van der Waals surface area contributed by atoms with Gasteiger partial charge in [0.25, 0.3) is 0 Å². The number of carbonyl (C=O) groups excluding carboxylic acids is 1. The van der Waals surface area contributed by atoms with Gasteiger partial charge in [-0.25, -0.2) is 0 Å². The molecule has 0 fully saturated rings. The number of hydrogen-bond donors (Lipinski definition) is 0. The van der Waals surface area contributed by atoms with Crippen LogP contribution in [0.5, 0.6) is 0 Å². The number of hydrogen-bond acceptors (Lipinski definition) is 3. The van der Waals surface area contributed by atoms with E-state index in [-0.39, 0.29) is 5.78 Å². The number of allylic oxidation sites excluding steroid dienone is 2. The number of carbonyl (C=O) groups is 1. The van der Waals surface area contributed by atoms with Gasteiger partial charge in [0, 0.05) is 22.1 Å². The fourth-order valence-corrected chi connectivity index (χ4v) is 4.13. The van der Waals surface area contributed by atoms with Gasteiger partial charge in [-0.1, -0.05) is 82.3 Å². The van der Waals surface area contributed by atoms with Crippen molar-refractivity contribution in [2.24, 2.45) is 0 Å². The van der Waals surface area contributed by atoms with Crippen LogP contribution in [0.25, 0.3) is 5.57 Å². The lowest BCUT2D eigenvalue weighted by Gasteiger charge is -2.04. The van der Waals surface area contributed by atoms with Gasteiger partial charge in [-0.2, -0.15) is 0 Å². The van der Waals surface area contributed by atoms with Gasteiger partial charge in [0.1, 0.15) is 0 Å². The molecule has 98 valence electrons. The summed E-state index contributed by atoms with van der Waals surface area (Å²) in [5.41, 5.74) is 3.01. The molecule has 0 saturated heterocycles. The fraction of sp³-hybridized carbons (Fsp3) is 0. The molecule has 0 saturated carbocycles. The smallest absolute Gasteiger partial charge is 0.186 e. The summed E-state index contributed by atoms with van der Waals surface area (Å²) < 4.78 is 0. The van der Waals surface area contributed by atoms with Crippen LogP contribution in [0, 0.1) is 0 Å². The van der Waals surface area contributed by atoms with E-state index in [0.717, 1.165) is 21.6 Å². The summed E-state index contributed by atoms with van der Waals surface area (Å²) in [6.07, 6.45) is 1.73. The molecule has 20 heavy (non-hydrogen) atoms. The topological polar surface area (TPSA) is 17.1 Å². The third-order valence-electron chi connectivity index (χ3n) is 2.97. The van der Waals surface area contributed by atoms with Crippen LogP contribution in [0.3, 0.4) is 0 Å². The summed E-state index contributed by atoms with van der Waals surface area (Å²) >= 11 is 0. The van der Waals surface area contributed by atoms with Crippen molar-refractivity contribution in [1.29, 1.82) is 0 Å². The average Bonchev–Trinajstić information content (AvgIpc) is 2.97. The zero-order valence-electron chi connectivity index (χ0n) is 10.7. The van der Waals surface area contributed by atoms with Crippen molar-refractivity contribution in [3.8, 4) is 0 Å². The van der Waals surface area contributed by atoms with Gasteiger partial charge in [0.05, 0.1) is 0 Å². The highest BCUT2D eigenvalue weighted by molar-refractivity contribution is 8.80. The average molecular weight is 296 g/mol. The molecule has 1 nitrogen and oxygen atoms in total. The first kappa shape index (κ1) is 13.3. The second-order valence-electron chi connectivity index (χ2n) is 4.32. The maximum Gasteiger partial charge on any atom is 0.186 e. The van der Waals surface area contributed by atoms with E-state index in [9.17, 15) is 4.79 Å². The molecule has 0 spiro atoms. The third-order valence-corrected chi connectivity index (χ3v) is 5.04. The Labute approximate surface area is 126 Å². The van der Waals surface area contributed by atoms with Crippen LogP contribution in [0.2, 0.25) is 0 Å². The van der Waals surface area contributed by atoms with Crippen LogP contribution in [0.15, 0.2) is 77.1 Å². The predicted molar refractivity (Wildman–Crippen MR) is 88.5 cm³/mol. The summed E-state index contributed by atoms with van der Waals surface area (Å²) in [4.78, 5) is 13.3. The Balaban J connectivity index is 1.89. The number of rotatable bonds is 3. The highest BCUT2D eigenvalue weighted by Gasteiger charge is 2.16. The Kier molecular flexibility index (Phi) is 4.09. The molecule has 0 aromatic heterocycles. The van der Waals surface area contributed by atoms with Gasteiger partial charge < -0.3 is 0 Å². The van der Waals surface area contributed by atoms with Gasteiger partial charge in [-0.05, 0) is 11.0 Å². The second-order valence-corrected chi connectivity index (χ2v) is 6.43. The van der Waals surface area contributed by atoms with Crippen LogP contribution in [-0.4, -0.2) is 5.78 Å². The van der Waals surface area contributed by atoms with Crippen LogP contribution in [0.1, 0.15) is 15.9 Å². The molecular formula is C17H12OS2. The lowest BCUT2D eigenvalue weighted by atomic mass is 10.0. The molecule has 0 atom stereocenters. The molecule has 0 aliphatic carbocycles. The minimum atomic E-state index is 0.0532. The molecule has 0 amide bonds. The van der Waals surface area contributed by atoms with Crippen molar-refractivity contribution in [3.05, 3.63) is 88.2 Å². The van der Waals surface area contributed by atoms with Gasteiger partial charge in [-0.15, -0.1) is 0 Å². The number of ketones is 1. The summed E-state index contributed by atoms with van der Waals surface area (Å²) in [5.74, 6) is 0.0532. The molecule has 0 bridgehead atoms. The van der Waals surface area contributed by atoms with Crippen LogP contribution in [0.4, 0.5) is 0 Å². The Morgan fingerprint density at radius 1 is 0.900 bits per heavy atom. The minimum Gasteiger partial charge on any atom is -0.289 e. The summed E-state index contributed by atoms with van der Waals surface area (Å²) in [6, 6.07) is 19.5. The molecule has 0 radical (unpaired) electrons. The zero-order chi connectivity index (χ0) is 13.8. The summed E-state index contributed by atoms with van der Waals surface area (Å²) in [7, 11) is 3.29. The van der Waals surface area contributed by atoms with E-state index in [1.54, 1.807) is 27.7 Å². The van der Waals surface area contributed by atoms with E-state index in [4.69, 9.17) is 0 Å². The molecule has 0 unspecified atom stereocenters. The first-order valence-electron chi connectivity index (χ1n) is 6.25. The van der Waals surface area contributed by atoms with E-state index in [0.29, 0.717) is 0 Å². The van der Waals surface area contributed by atoms with Gasteiger partial charge in [-0.3, -0.25) is 4.79 Å². The van der Waals surface area contributed by atoms with Crippen molar-refractivity contribution in [2.45, 2.75) is 0 Å². The van der Waals surface area contributed by atoms with E-state index >= 15 is 0 Å². The maximum absolute atomic E-state index is 12.3. The normalized spacial score (nSPS) is 16.2. The van der Waals surface area contributed by atoms with Gasteiger partial charge >= 0.3 is 0 Å². The Morgan fingerprint density at radius 2 is 1.55 bits per heavy atom. The molecule has 1 aliphatic rings. The number of benzene rings is 2. The third kappa shape index (κ3) is 2.89. The van der Waals surface area contributed by atoms with E-state index in [2.05, 4.69) is 17.5 Å².